The van der Waals surface area contributed by atoms with E-state index in [4.69, 9.17) is 16.6 Å². The summed E-state index contributed by atoms with van der Waals surface area (Å²) in [6.45, 7) is 0.0831. The topological polar surface area (TPSA) is 134 Å². The molecule has 1 aromatic heterocycles. The Morgan fingerprint density at radius 3 is 2.71 bits per heavy atom. The largest absolute Gasteiger partial charge is 0.396 e. The molecule has 7 nitrogen and oxygen atoms in total. The summed E-state index contributed by atoms with van der Waals surface area (Å²) in [4.78, 5) is 25.4. The van der Waals surface area contributed by atoms with Crippen LogP contribution in [-0.4, -0.2) is 28.6 Å². The molecule has 0 fully saturated rings. The van der Waals surface area contributed by atoms with Crippen molar-refractivity contribution in [2.24, 2.45) is 11.5 Å². The Morgan fingerprint density at radius 1 is 1.33 bits per heavy atom. The van der Waals surface area contributed by atoms with Crippen molar-refractivity contribution in [3.8, 4) is 0 Å². The van der Waals surface area contributed by atoms with Gasteiger partial charge in [0.05, 0.1) is 5.56 Å². The van der Waals surface area contributed by atoms with Gasteiger partial charge >= 0.3 is 6.03 Å². The zero-order valence-corrected chi connectivity index (χ0v) is 11.2. The van der Waals surface area contributed by atoms with Crippen molar-refractivity contribution in [2.45, 2.75) is 6.42 Å². The number of aromatic nitrogens is 1. The quantitative estimate of drug-likeness (QED) is 0.565. The van der Waals surface area contributed by atoms with Gasteiger partial charge in [0.2, 0.25) is 0 Å². The maximum Gasteiger partial charge on any atom is 0.317 e. The summed E-state index contributed by atoms with van der Waals surface area (Å²) < 4.78 is 0. The summed E-state index contributed by atoms with van der Waals surface area (Å²) in [6, 6.07) is 4.57. The molecule has 21 heavy (non-hydrogen) atoms. The van der Waals surface area contributed by atoms with Crippen LogP contribution in [0, 0.1) is 0 Å². The average Bonchev–Trinajstić information content (AvgIpc) is 2.75. The number of nitrogens with one attached hydrogen (secondary N) is 2. The van der Waals surface area contributed by atoms with Crippen molar-refractivity contribution in [3.05, 3.63) is 35.4 Å². The molecule has 0 aliphatic heterocycles. The van der Waals surface area contributed by atoms with E-state index in [1.807, 2.05) is 24.3 Å². The van der Waals surface area contributed by atoms with Crippen LogP contribution in [0.5, 0.6) is 0 Å². The normalized spacial score (nSPS) is 11.1. The van der Waals surface area contributed by atoms with Gasteiger partial charge in [-0.1, -0.05) is 24.3 Å². The summed E-state index contributed by atoms with van der Waals surface area (Å²) in [5.41, 5.74) is 12.1. The van der Waals surface area contributed by atoms with E-state index in [9.17, 15) is 9.59 Å². The second-order valence-electron chi connectivity index (χ2n) is 4.45. The molecule has 7 N–H and O–H groups in total. The highest BCUT2D eigenvalue weighted by Gasteiger charge is 2.17. The lowest BCUT2D eigenvalue weighted by Gasteiger charge is -2.00. The molecule has 0 radical (unpaired) electrons. The van der Waals surface area contributed by atoms with Crippen LogP contribution in [0.15, 0.2) is 24.3 Å². The van der Waals surface area contributed by atoms with Crippen LogP contribution in [0.2, 0.25) is 0 Å². The molecule has 0 aliphatic rings. The molecule has 0 unspecified atom stereocenters. The lowest BCUT2D eigenvalue weighted by molar-refractivity contribution is 0.100. The number of aliphatic hydroxyl groups excluding tert-OH is 1. The van der Waals surface area contributed by atoms with Gasteiger partial charge in [0.25, 0.3) is 5.91 Å². The first-order valence-corrected chi connectivity index (χ1v) is 6.32. The van der Waals surface area contributed by atoms with E-state index < -0.39 is 11.9 Å². The van der Waals surface area contributed by atoms with Crippen molar-refractivity contribution in [3.63, 3.8) is 0 Å². The number of H-pyrrole nitrogens is 1. The van der Waals surface area contributed by atoms with Crippen LogP contribution < -0.4 is 16.8 Å². The van der Waals surface area contributed by atoms with Gasteiger partial charge in [0.15, 0.2) is 0 Å². The third-order valence-electron chi connectivity index (χ3n) is 2.92. The number of urea groups is 1. The number of anilines is 1. The van der Waals surface area contributed by atoms with Crippen LogP contribution >= 0.6 is 0 Å². The summed E-state index contributed by atoms with van der Waals surface area (Å²) in [6.07, 6.45) is 4.24. The fraction of sp³-hybridized carbons (Fsp3) is 0.143. The lowest BCUT2D eigenvalue weighted by atomic mass is 10.1. The van der Waals surface area contributed by atoms with Gasteiger partial charge in [-0.2, -0.15) is 0 Å². The van der Waals surface area contributed by atoms with Crippen molar-refractivity contribution in [2.75, 3.05) is 11.9 Å². The molecule has 0 spiro atoms. The van der Waals surface area contributed by atoms with Crippen LogP contribution in [0.25, 0.3) is 17.0 Å². The third-order valence-corrected chi connectivity index (χ3v) is 2.92. The number of aliphatic hydroxyl groups is 1. The van der Waals surface area contributed by atoms with Gasteiger partial charge in [-0.05, 0) is 18.1 Å². The number of benzene rings is 1. The number of carbonyl (C=O) groups is 2. The maximum atomic E-state index is 11.5. The molecule has 0 atom stereocenters. The predicted molar refractivity (Wildman–Crippen MR) is 80.8 cm³/mol. The number of carbonyl (C=O) groups excluding carboxylic acids is 2. The zero-order chi connectivity index (χ0) is 15.4. The number of aromatic amines is 1. The first-order chi connectivity index (χ1) is 10.0. The Morgan fingerprint density at radius 2 is 2.10 bits per heavy atom. The maximum absolute atomic E-state index is 11.5. The smallest absolute Gasteiger partial charge is 0.317 e. The van der Waals surface area contributed by atoms with E-state index in [-0.39, 0.29) is 18.0 Å². The summed E-state index contributed by atoms with van der Waals surface area (Å²) in [5.74, 6) is -0.477. The molecule has 1 heterocycles. The highest BCUT2D eigenvalue weighted by atomic mass is 16.2. The zero-order valence-electron chi connectivity index (χ0n) is 11.2. The summed E-state index contributed by atoms with van der Waals surface area (Å²) >= 11 is 0. The van der Waals surface area contributed by atoms with Crippen LogP contribution in [0.1, 0.15) is 22.3 Å². The molecular formula is C14H16N4O3. The number of hydrogen-bond acceptors (Lipinski definition) is 3. The van der Waals surface area contributed by atoms with Gasteiger partial charge < -0.3 is 21.6 Å². The fourth-order valence-electron chi connectivity index (χ4n) is 2.09. The highest BCUT2D eigenvalue weighted by molar-refractivity contribution is 6.13. The minimum Gasteiger partial charge on any atom is -0.396 e. The molecule has 7 heteroatoms. The summed E-state index contributed by atoms with van der Waals surface area (Å²) in [7, 11) is 0. The Bertz CT molecular complexity index is 718. The number of fused-ring (bicyclic) bond motifs is 1. The second-order valence-corrected chi connectivity index (χ2v) is 4.45. The third kappa shape index (κ3) is 3.21. The van der Waals surface area contributed by atoms with Gasteiger partial charge in [0, 0.05) is 17.5 Å². The van der Waals surface area contributed by atoms with Crippen molar-refractivity contribution < 1.29 is 14.7 Å². The SMILES string of the molecule is NC(=O)Nc1[nH]c2cc(/C=C/CCO)ccc2c1C(N)=O. The molecule has 0 saturated heterocycles. The molecule has 2 aromatic rings. The molecule has 0 aliphatic carbocycles. The first kappa shape index (κ1) is 14.6. The minimum atomic E-state index is -0.785. The first-order valence-electron chi connectivity index (χ1n) is 6.32. The Labute approximate surface area is 120 Å². The Balaban J connectivity index is 2.48. The van der Waals surface area contributed by atoms with E-state index in [1.165, 1.54) is 0 Å². The molecule has 1 aromatic carbocycles. The van der Waals surface area contributed by atoms with Gasteiger partial charge in [-0.25, -0.2) is 4.79 Å². The van der Waals surface area contributed by atoms with Crippen LogP contribution in [-0.2, 0) is 0 Å². The van der Waals surface area contributed by atoms with Crippen LogP contribution in [0.4, 0.5) is 10.6 Å². The Hall–Kier alpha value is -2.80. The lowest BCUT2D eigenvalue weighted by Crippen LogP contribution is -2.22. The molecule has 0 bridgehead atoms. The molecule has 110 valence electrons. The number of nitrogens with two attached hydrogens (primary N) is 2. The highest BCUT2D eigenvalue weighted by Crippen LogP contribution is 2.27. The standard InChI is InChI=1S/C14H16N4O3/c15-12(20)11-9-5-4-8(3-1-2-6-19)7-10(9)17-13(11)18-14(16)21/h1,3-5,7,17,19H,2,6H2,(H2,15,20)(H3,16,18,21)/b3-1+. The van der Waals surface area contributed by atoms with Crippen molar-refractivity contribution in [1.82, 2.24) is 4.98 Å². The molecule has 2 rings (SSSR count). The number of rotatable bonds is 5. The minimum absolute atomic E-state index is 0.0831. The number of primary amides is 2. The summed E-state index contributed by atoms with van der Waals surface area (Å²) in [5, 5.41) is 11.7. The van der Waals surface area contributed by atoms with Gasteiger partial charge in [-0.15, -0.1) is 0 Å². The van der Waals surface area contributed by atoms with E-state index in [2.05, 4.69) is 10.3 Å². The average molecular weight is 288 g/mol. The molecular weight excluding hydrogens is 272 g/mol. The van der Waals surface area contributed by atoms with E-state index in [1.54, 1.807) is 6.07 Å². The van der Waals surface area contributed by atoms with Gasteiger partial charge in [0.1, 0.15) is 5.82 Å². The Kier molecular flexibility index (Phi) is 4.24. The van der Waals surface area contributed by atoms with Crippen molar-refractivity contribution in [1.29, 1.82) is 0 Å². The van der Waals surface area contributed by atoms with E-state index >= 15 is 0 Å². The molecule has 0 saturated carbocycles. The molecule has 3 amide bonds. The second kappa shape index (κ2) is 6.10. The number of hydrogen-bond donors (Lipinski definition) is 5. The van der Waals surface area contributed by atoms with Crippen molar-refractivity contribution >= 4 is 34.7 Å². The van der Waals surface area contributed by atoms with Crippen LogP contribution in [0.3, 0.4) is 0 Å². The van der Waals surface area contributed by atoms with E-state index in [0.717, 1.165) is 5.56 Å². The number of amides is 3. The van der Waals surface area contributed by atoms with E-state index in [0.29, 0.717) is 17.3 Å². The van der Waals surface area contributed by atoms with Gasteiger partial charge in [-0.3, -0.25) is 10.1 Å². The monoisotopic (exact) mass is 288 g/mol. The predicted octanol–water partition coefficient (Wildman–Crippen LogP) is 1.15. The fourth-order valence-corrected chi connectivity index (χ4v) is 2.09.